The summed E-state index contributed by atoms with van der Waals surface area (Å²) in [6.07, 6.45) is -0.0659. The van der Waals surface area contributed by atoms with E-state index < -0.39 is 23.2 Å². The molecule has 0 aliphatic heterocycles. The Hall–Kier alpha value is -4.16. The van der Waals surface area contributed by atoms with Gasteiger partial charge in [-0.3, -0.25) is 9.98 Å². The van der Waals surface area contributed by atoms with Crippen molar-refractivity contribution in [3.05, 3.63) is 68.7 Å². The molecule has 0 saturated heterocycles. The second-order valence-electron chi connectivity index (χ2n) is 7.53. The molecule has 4 N–H and O–H groups in total. The number of halogens is 4. The average molecular weight is 461 g/mol. The molecule has 9 nitrogen and oxygen atoms in total. The van der Waals surface area contributed by atoms with Gasteiger partial charge in [0.1, 0.15) is 17.3 Å². The number of hydrogen-bond acceptors (Lipinski definition) is 6. The lowest BCUT2D eigenvalue weighted by Crippen LogP contribution is -2.20. The van der Waals surface area contributed by atoms with Gasteiger partial charge >= 0.3 is 11.9 Å². The van der Waals surface area contributed by atoms with E-state index in [1.165, 1.54) is 22.9 Å². The summed E-state index contributed by atoms with van der Waals surface area (Å²) >= 11 is 0. The van der Waals surface area contributed by atoms with Gasteiger partial charge in [-0.25, -0.2) is 14.2 Å². The zero-order chi connectivity index (χ0) is 23.3. The van der Waals surface area contributed by atoms with Crippen LogP contribution in [0.1, 0.15) is 24.1 Å². The molecule has 0 unspecified atom stereocenters. The van der Waals surface area contributed by atoms with Crippen molar-refractivity contribution < 1.29 is 22.7 Å². The minimum atomic E-state index is -4.72. The van der Waals surface area contributed by atoms with Gasteiger partial charge < -0.3 is 15.4 Å². The lowest BCUT2D eigenvalue weighted by Gasteiger charge is -2.11. The standard InChI is InChI=1S/C20H15F4N7O2/c21-11-4-10(20(22,23)24)5-13(6-11)26-15-7-16(27-12-1-2-12)31-17(29-15)9(8-25-31)3-14-18(32)30-19(33)28-14/h3-8,12,26,32H,1-2H2,(H2,28,30,33)/b9-3-,27-16?. The van der Waals surface area contributed by atoms with E-state index in [0.717, 1.165) is 25.0 Å². The predicted molar refractivity (Wildman–Crippen MR) is 108 cm³/mol. The summed E-state index contributed by atoms with van der Waals surface area (Å²) in [6, 6.07) is 3.69. The highest BCUT2D eigenvalue weighted by molar-refractivity contribution is 5.62. The van der Waals surface area contributed by atoms with Gasteiger partial charge in [-0.05, 0) is 37.1 Å². The molecule has 170 valence electrons. The minimum Gasteiger partial charge on any atom is -0.493 e. The van der Waals surface area contributed by atoms with Crippen LogP contribution >= 0.6 is 0 Å². The van der Waals surface area contributed by atoms with E-state index in [4.69, 9.17) is 0 Å². The summed E-state index contributed by atoms with van der Waals surface area (Å²) in [6.45, 7) is 0. The van der Waals surface area contributed by atoms with Crippen LogP contribution in [0.25, 0.3) is 11.7 Å². The zero-order valence-electron chi connectivity index (χ0n) is 16.6. The first-order valence-corrected chi connectivity index (χ1v) is 9.76. The third-order valence-electron chi connectivity index (χ3n) is 4.87. The van der Waals surface area contributed by atoms with Gasteiger partial charge in [-0.1, -0.05) is 0 Å². The second kappa shape index (κ2) is 7.46. The van der Waals surface area contributed by atoms with Gasteiger partial charge in [0.05, 0.1) is 17.8 Å². The zero-order valence-corrected chi connectivity index (χ0v) is 16.6. The highest BCUT2D eigenvalue weighted by Crippen LogP contribution is 2.32. The van der Waals surface area contributed by atoms with Crippen molar-refractivity contribution in [1.82, 2.24) is 24.6 Å². The van der Waals surface area contributed by atoms with Crippen LogP contribution in [0, 0.1) is 5.82 Å². The number of benzene rings is 1. The van der Waals surface area contributed by atoms with Crippen molar-refractivity contribution in [3.8, 4) is 5.88 Å². The molecule has 0 bridgehead atoms. The molecule has 1 aromatic carbocycles. The van der Waals surface area contributed by atoms with Crippen molar-refractivity contribution in [2.75, 3.05) is 5.32 Å². The topological polar surface area (TPSA) is 123 Å². The summed E-state index contributed by atoms with van der Waals surface area (Å²) in [5.41, 5.74) is -1.15. The first-order valence-electron chi connectivity index (χ1n) is 9.76. The van der Waals surface area contributed by atoms with E-state index in [1.807, 2.05) is 0 Å². The van der Waals surface area contributed by atoms with Gasteiger partial charge in [0.25, 0.3) is 0 Å². The van der Waals surface area contributed by atoms with Crippen LogP contribution in [-0.2, 0) is 6.18 Å². The van der Waals surface area contributed by atoms with Gasteiger partial charge in [0.2, 0.25) is 5.88 Å². The molecule has 5 rings (SSSR count). The van der Waals surface area contributed by atoms with Crippen molar-refractivity contribution >= 4 is 23.2 Å². The Labute approximate surface area is 181 Å². The molecule has 1 fully saturated rings. The molecule has 13 heteroatoms. The quantitative estimate of drug-likeness (QED) is 0.346. The number of H-pyrrole nitrogens is 2. The van der Waals surface area contributed by atoms with Crippen molar-refractivity contribution in [2.24, 2.45) is 4.99 Å². The fourth-order valence-electron chi connectivity index (χ4n) is 3.23. The maximum atomic E-state index is 13.8. The Balaban J connectivity index is 1.65. The first-order chi connectivity index (χ1) is 15.7. The molecule has 0 amide bonds. The van der Waals surface area contributed by atoms with E-state index in [9.17, 15) is 27.5 Å². The Kier molecular flexibility index (Phi) is 4.69. The van der Waals surface area contributed by atoms with Gasteiger partial charge in [-0.2, -0.15) is 22.8 Å². The maximum absolute atomic E-state index is 13.8. The van der Waals surface area contributed by atoms with Crippen molar-refractivity contribution in [3.63, 3.8) is 0 Å². The first kappa shape index (κ1) is 20.7. The van der Waals surface area contributed by atoms with Crippen LogP contribution in [0.15, 0.2) is 40.2 Å². The molecule has 4 aromatic rings. The Morgan fingerprint density at radius 2 is 2.00 bits per heavy atom. The number of imidazole rings is 1. The van der Waals surface area contributed by atoms with Crippen LogP contribution in [0.5, 0.6) is 5.88 Å². The molecule has 33 heavy (non-hydrogen) atoms. The van der Waals surface area contributed by atoms with E-state index in [2.05, 4.69) is 30.4 Å². The predicted octanol–water partition coefficient (Wildman–Crippen LogP) is 1.96. The molecular weight excluding hydrogens is 446 g/mol. The van der Waals surface area contributed by atoms with E-state index in [1.54, 1.807) is 0 Å². The Morgan fingerprint density at radius 1 is 1.21 bits per heavy atom. The van der Waals surface area contributed by atoms with Crippen molar-refractivity contribution in [1.29, 1.82) is 0 Å². The van der Waals surface area contributed by atoms with Crippen LogP contribution in [-0.4, -0.2) is 35.7 Å². The van der Waals surface area contributed by atoms with E-state index in [-0.39, 0.29) is 34.8 Å². The van der Waals surface area contributed by atoms with Crippen molar-refractivity contribution in [2.45, 2.75) is 25.1 Å². The monoisotopic (exact) mass is 461 g/mol. The molecule has 0 radical (unpaired) electrons. The largest absolute Gasteiger partial charge is 0.493 e. The number of alkyl halides is 3. The van der Waals surface area contributed by atoms with Gasteiger partial charge in [-0.15, -0.1) is 0 Å². The molecule has 0 atom stereocenters. The molecule has 3 aromatic heterocycles. The van der Waals surface area contributed by atoms with E-state index >= 15 is 0 Å². The smallest absolute Gasteiger partial charge is 0.416 e. The normalized spacial score (nSPS) is 15.5. The molecule has 1 aliphatic carbocycles. The molecule has 0 spiro atoms. The summed E-state index contributed by atoms with van der Waals surface area (Å²) < 4.78 is 54.5. The Morgan fingerprint density at radius 3 is 2.67 bits per heavy atom. The number of aromatic nitrogens is 5. The number of anilines is 2. The second-order valence-corrected chi connectivity index (χ2v) is 7.53. The summed E-state index contributed by atoms with van der Waals surface area (Å²) in [5.74, 6) is -1.32. The van der Waals surface area contributed by atoms with Crippen LogP contribution < -0.4 is 21.7 Å². The molecule has 1 saturated carbocycles. The molecule has 1 aliphatic rings. The lowest BCUT2D eigenvalue weighted by atomic mass is 10.2. The van der Waals surface area contributed by atoms with Crippen LogP contribution in [0.2, 0.25) is 0 Å². The van der Waals surface area contributed by atoms with Gasteiger partial charge in [0, 0.05) is 17.0 Å². The summed E-state index contributed by atoms with van der Waals surface area (Å²) in [4.78, 5) is 24.9. The number of rotatable bonds is 4. The maximum Gasteiger partial charge on any atom is 0.416 e. The number of nitrogens with one attached hydrogen (secondary N) is 3. The molecular formula is C20H15F4N7O2. The average Bonchev–Trinajstić information content (AvgIpc) is 3.36. The number of aromatic hydroxyl groups is 1. The highest BCUT2D eigenvalue weighted by atomic mass is 19.4. The molecule has 3 heterocycles. The third kappa shape index (κ3) is 4.29. The SMILES string of the molecule is O=c1[nH]c(O)c(/C=c2/cnn3c(=NC4CC4)cc(Nc4cc(F)cc(C(F)(F)F)c4)nc23)[nH]1. The fraction of sp³-hybridized carbons (Fsp3) is 0.200. The lowest BCUT2D eigenvalue weighted by molar-refractivity contribution is -0.137. The Bertz CT molecular complexity index is 1550. The third-order valence-corrected chi connectivity index (χ3v) is 4.87. The summed E-state index contributed by atoms with van der Waals surface area (Å²) in [5, 5.41) is 17.2. The number of aromatic amines is 2. The fourth-order valence-corrected chi connectivity index (χ4v) is 3.23. The summed E-state index contributed by atoms with van der Waals surface area (Å²) in [7, 11) is 0. The number of fused-ring (bicyclic) bond motifs is 1. The number of nitrogens with zero attached hydrogens (tertiary/aromatic N) is 4. The number of hydrogen-bond donors (Lipinski definition) is 4. The van der Waals surface area contributed by atoms with Crippen LogP contribution in [0.4, 0.5) is 29.1 Å². The highest BCUT2D eigenvalue weighted by Gasteiger charge is 2.31. The minimum absolute atomic E-state index is 0.0932. The van der Waals surface area contributed by atoms with Gasteiger partial charge in [0.15, 0.2) is 11.1 Å². The van der Waals surface area contributed by atoms with E-state index in [0.29, 0.717) is 16.8 Å². The van der Waals surface area contributed by atoms with Crippen LogP contribution in [0.3, 0.4) is 0 Å².